The number of hydrogen-bond donors (Lipinski definition) is 0. The van der Waals surface area contributed by atoms with Crippen LogP contribution in [-0.4, -0.2) is 46.9 Å². The summed E-state index contributed by atoms with van der Waals surface area (Å²) in [6.07, 6.45) is 0. The van der Waals surface area contributed by atoms with Gasteiger partial charge in [0.05, 0.1) is 35.3 Å². The zero-order chi connectivity index (χ0) is 24.8. The summed E-state index contributed by atoms with van der Waals surface area (Å²) in [4.78, 5) is 33.2. The first-order valence-corrected chi connectivity index (χ1v) is 12.5. The molecule has 1 amide bonds. The maximum atomic E-state index is 13.4. The van der Waals surface area contributed by atoms with Gasteiger partial charge in [0, 0.05) is 14.2 Å². The number of para-hydroxylation sites is 1. The van der Waals surface area contributed by atoms with Gasteiger partial charge in [-0.1, -0.05) is 84.6 Å². The number of carbonyl (C=O) groups is 1. The Morgan fingerprint density at radius 1 is 0.971 bits per heavy atom. The number of fused-ring (bicyclic) bond motifs is 1. The molecule has 0 aliphatic heterocycles. The van der Waals surface area contributed by atoms with E-state index in [0.717, 1.165) is 11.1 Å². The van der Waals surface area contributed by atoms with Crippen LogP contribution in [0.25, 0.3) is 10.9 Å². The highest BCUT2D eigenvalue weighted by molar-refractivity contribution is 7.99. The van der Waals surface area contributed by atoms with Crippen molar-refractivity contribution in [2.45, 2.75) is 24.2 Å². The van der Waals surface area contributed by atoms with Crippen LogP contribution in [-0.2, 0) is 9.53 Å². The quantitative estimate of drug-likeness (QED) is 0.247. The second kappa shape index (κ2) is 11.3. The van der Waals surface area contributed by atoms with Gasteiger partial charge in [-0.25, -0.2) is 4.98 Å². The highest BCUT2D eigenvalue weighted by atomic mass is 32.2. The molecule has 4 rings (SSSR count). The molecule has 1 atom stereocenters. The van der Waals surface area contributed by atoms with E-state index in [0.29, 0.717) is 22.7 Å². The van der Waals surface area contributed by atoms with E-state index in [1.54, 1.807) is 22.6 Å². The van der Waals surface area contributed by atoms with Gasteiger partial charge in [0.1, 0.15) is 0 Å². The fourth-order valence-corrected chi connectivity index (χ4v) is 5.24. The highest BCUT2D eigenvalue weighted by Crippen LogP contribution is 2.29. The van der Waals surface area contributed by atoms with Crippen molar-refractivity contribution in [1.82, 2.24) is 14.5 Å². The van der Waals surface area contributed by atoms with Crippen molar-refractivity contribution < 1.29 is 9.53 Å². The zero-order valence-electron chi connectivity index (χ0n) is 20.1. The maximum Gasteiger partial charge on any atom is 0.262 e. The molecule has 0 saturated carbocycles. The number of thioether (sulfide) groups is 1. The summed E-state index contributed by atoms with van der Waals surface area (Å²) in [5, 5.41) is 1.06. The number of carbonyl (C=O) groups excluding carboxylic acids is 1. The third kappa shape index (κ3) is 5.47. The first-order valence-electron chi connectivity index (χ1n) is 11.5. The van der Waals surface area contributed by atoms with Crippen LogP contribution in [0.15, 0.2) is 94.9 Å². The van der Waals surface area contributed by atoms with E-state index in [2.05, 4.69) is 0 Å². The minimum atomic E-state index is -0.221. The minimum Gasteiger partial charge on any atom is -0.383 e. The maximum absolute atomic E-state index is 13.4. The molecule has 1 aromatic heterocycles. The largest absolute Gasteiger partial charge is 0.383 e. The van der Waals surface area contributed by atoms with Crippen LogP contribution in [0, 0.1) is 0 Å². The monoisotopic (exact) mass is 487 g/mol. The van der Waals surface area contributed by atoms with Gasteiger partial charge in [0.15, 0.2) is 5.16 Å². The molecule has 180 valence electrons. The topological polar surface area (TPSA) is 64.4 Å². The summed E-state index contributed by atoms with van der Waals surface area (Å²) >= 11 is 1.28. The summed E-state index contributed by atoms with van der Waals surface area (Å²) in [7, 11) is 3.43. The van der Waals surface area contributed by atoms with Gasteiger partial charge in [-0.05, 0) is 30.2 Å². The molecule has 0 N–H and O–H groups in total. The Hall–Kier alpha value is -3.42. The molecular formula is C28H29N3O3S. The summed E-state index contributed by atoms with van der Waals surface area (Å²) < 4.78 is 6.94. The Balaban J connectivity index is 1.63. The van der Waals surface area contributed by atoms with Crippen molar-refractivity contribution in [3.8, 4) is 0 Å². The normalized spacial score (nSPS) is 12.1. The molecule has 3 aromatic carbocycles. The minimum absolute atomic E-state index is 0.0546. The first-order chi connectivity index (χ1) is 17.0. The number of hydrogen-bond acceptors (Lipinski definition) is 5. The molecule has 1 heterocycles. The average Bonchev–Trinajstić information content (AvgIpc) is 2.89. The first kappa shape index (κ1) is 24.7. The summed E-state index contributed by atoms with van der Waals surface area (Å²) in [5.74, 6) is 0.0954. The van der Waals surface area contributed by atoms with Gasteiger partial charge in [-0.3, -0.25) is 14.2 Å². The number of ether oxygens (including phenoxy) is 1. The van der Waals surface area contributed by atoms with Crippen molar-refractivity contribution >= 4 is 28.6 Å². The van der Waals surface area contributed by atoms with Crippen LogP contribution in [0.4, 0.5) is 0 Å². The van der Waals surface area contributed by atoms with Crippen LogP contribution in [0.3, 0.4) is 0 Å². The van der Waals surface area contributed by atoms with Crippen molar-refractivity contribution in [2.75, 3.05) is 26.5 Å². The fourth-order valence-electron chi connectivity index (χ4n) is 4.21. The number of rotatable bonds is 9. The third-order valence-corrected chi connectivity index (χ3v) is 6.90. The van der Waals surface area contributed by atoms with Crippen molar-refractivity contribution in [3.63, 3.8) is 0 Å². The number of aromatic nitrogens is 2. The molecule has 0 bridgehead atoms. The van der Waals surface area contributed by atoms with Crippen LogP contribution in [0.2, 0.25) is 0 Å². The Bertz CT molecular complexity index is 1300. The van der Waals surface area contributed by atoms with E-state index in [-0.39, 0.29) is 29.3 Å². The lowest BCUT2D eigenvalue weighted by molar-refractivity contribution is -0.128. The Morgan fingerprint density at radius 2 is 1.54 bits per heavy atom. The van der Waals surface area contributed by atoms with Crippen molar-refractivity contribution in [2.24, 2.45) is 0 Å². The smallest absolute Gasteiger partial charge is 0.262 e. The lowest BCUT2D eigenvalue weighted by atomic mass is 9.97. The van der Waals surface area contributed by atoms with Crippen LogP contribution >= 0.6 is 11.8 Å². The number of methoxy groups -OCH3 is 1. The van der Waals surface area contributed by atoms with Gasteiger partial charge < -0.3 is 9.64 Å². The van der Waals surface area contributed by atoms with Crippen molar-refractivity contribution in [3.05, 3.63) is 106 Å². The number of amides is 1. The molecule has 0 radical (unpaired) electrons. The highest BCUT2D eigenvalue weighted by Gasteiger charge is 2.24. The average molecular weight is 488 g/mol. The van der Waals surface area contributed by atoms with Gasteiger partial charge in [-0.15, -0.1) is 0 Å². The Kier molecular flexibility index (Phi) is 8.00. The molecule has 1 unspecified atom stereocenters. The van der Waals surface area contributed by atoms with Crippen LogP contribution in [0.1, 0.15) is 30.1 Å². The van der Waals surface area contributed by atoms with Crippen molar-refractivity contribution in [1.29, 1.82) is 0 Å². The standard InChI is InChI=1S/C28H29N3O3S/c1-20(18-34-3)31-27(33)23-16-10-11-17-24(23)29-28(31)35-19-25(32)30(2)26(21-12-6-4-7-13-21)22-14-8-5-9-15-22/h4-17,20,26H,18-19H2,1-3H3. The Morgan fingerprint density at radius 3 is 2.14 bits per heavy atom. The van der Waals surface area contributed by atoms with E-state index in [1.165, 1.54) is 11.8 Å². The Labute approximate surface area is 209 Å². The molecule has 0 spiro atoms. The SMILES string of the molecule is COCC(C)n1c(SCC(=O)N(C)C(c2ccccc2)c2ccccc2)nc2ccccc2c1=O. The third-order valence-electron chi connectivity index (χ3n) is 5.96. The van der Waals surface area contributed by atoms with Gasteiger partial charge in [-0.2, -0.15) is 0 Å². The van der Waals surface area contributed by atoms with Crippen LogP contribution < -0.4 is 5.56 Å². The summed E-state index contributed by atoms with van der Waals surface area (Å²) in [5.41, 5.74) is 2.56. The number of nitrogens with zero attached hydrogens (tertiary/aromatic N) is 3. The van der Waals surface area contributed by atoms with E-state index < -0.39 is 0 Å². The predicted octanol–water partition coefficient (Wildman–Crippen LogP) is 4.94. The second-order valence-corrected chi connectivity index (χ2v) is 9.35. The van der Waals surface area contributed by atoms with E-state index in [9.17, 15) is 9.59 Å². The fraction of sp³-hybridized carbons (Fsp3) is 0.250. The predicted molar refractivity (Wildman–Crippen MR) is 141 cm³/mol. The number of benzene rings is 3. The molecule has 0 aliphatic rings. The summed E-state index contributed by atoms with van der Waals surface area (Å²) in [6, 6.07) is 26.8. The molecule has 4 aromatic rings. The molecular weight excluding hydrogens is 458 g/mol. The van der Waals surface area contributed by atoms with Gasteiger partial charge in [0.2, 0.25) is 5.91 Å². The van der Waals surface area contributed by atoms with E-state index in [1.807, 2.05) is 92.8 Å². The molecule has 35 heavy (non-hydrogen) atoms. The lowest BCUT2D eigenvalue weighted by Crippen LogP contribution is -2.34. The van der Waals surface area contributed by atoms with Crippen LogP contribution in [0.5, 0.6) is 0 Å². The molecule has 6 nitrogen and oxygen atoms in total. The van der Waals surface area contributed by atoms with E-state index in [4.69, 9.17) is 9.72 Å². The molecule has 0 saturated heterocycles. The van der Waals surface area contributed by atoms with Gasteiger partial charge in [0.25, 0.3) is 5.56 Å². The van der Waals surface area contributed by atoms with E-state index >= 15 is 0 Å². The zero-order valence-corrected chi connectivity index (χ0v) is 20.9. The molecule has 0 fully saturated rings. The van der Waals surface area contributed by atoms with Gasteiger partial charge >= 0.3 is 0 Å². The molecule has 7 heteroatoms. The lowest BCUT2D eigenvalue weighted by Gasteiger charge is -2.29. The molecule has 0 aliphatic carbocycles. The second-order valence-electron chi connectivity index (χ2n) is 8.41. The summed E-state index contributed by atoms with van der Waals surface area (Å²) in [6.45, 7) is 2.28.